The molecule has 2 aromatic rings. The Morgan fingerprint density at radius 3 is 2.59 bits per heavy atom. The van der Waals surface area contributed by atoms with Gasteiger partial charge in [-0.05, 0) is 5.56 Å². The second-order valence-electron chi connectivity index (χ2n) is 4.27. The van der Waals surface area contributed by atoms with Crippen LogP contribution in [0.15, 0.2) is 30.3 Å². The van der Waals surface area contributed by atoms with Crippen LogP contribution in [0.2, 0.25) is 0 Å². The SMILES string of the molecule is CC(C)c1n[nH]c(COCc2ccccc2)n1. The fourth-order valence-corrected chi connectivity index (χ4v) is 1.47. The number of benzene rings is 1. The summed E-state index contributed by atoms with van der Waals surface area (Å²) in [7, 11) is 0. The third kappa shape index (κ3) is 3.39. The van der Waals surface area contributed by atoms with Gasteiger partial charge < -0.3 is 4.74 Å². The van der Waals surface area contributed by atoms with Crippen LogP contribution in [0.4, 0.5) is 0 Å². The Bertz CT molecular complexity index is 451. The zero-order valence-electron chi connectivity index (χ0n) is 10.2. The van der Waals surface area contributed by atoms with E-state index in [4.69, 9.17) is 4.74 Å². The van der Waals surface area contributed by atoms with E-state index in [0.29, 0.717) is 19.1 Å². The molecule has 2 rings (SSSR count). The van der Waals surface area contributed by atoms with E-state index < -0.39 is 0 Å². The monoisotopic (exact) mass is 231 g/mol. The second kappa shape index (κ2) is 5.59. The van der Waals surface area contributed by atoms with Crippen molar-refractivity contribution in [3.63, 3.8) is 0 Å². The van der Waals surface area contributed by atoms with Crippen LogP contribution in [0.1, 0.15) is 37.0 Å². The molecule has 0 aliphatic rings. The van der Waals surface area contributed by atoms with Gasteiger partial charge in [0, 0.05) is 5.92 Å². The Labute approximate surface area is 101 Å². The fraction of sp³-hybridized carbons (Fsp3) is 0.385. The molecule has 90 valence electrons. The Balaban J connectivity index is 1.82. The van der Waals surface area contributed by atoms with Crippen molar-refractivity contribution in [3.05, 3.63) is 47.5 Å². The quantitative estimate of drug-likeness (QED) is 0.860. The molecular weight excluding hydrogens is 214 g/mol. The van der Waals surface area contributed by atoms with Crippen LogP contribution in [0, 0.1) is 0 Å². The molecule has 0 atom stereocenters. The molecule has 1 heterocycles. The van der Waals surface area contributed by atoms with Gasteiger partial charge in [-0.2, -0.15) is 5.10 Å². The lowest BCUT2D eigenvalue weighted by molar-refractivity contribution is 0.102. The molecule has 4 heteroatoms. The molecule has 0 spiro atoms. The fourth-order valence-electron chi connectivity index (χ4n) is 1.47. The molecule has 0 aliphatic heterocycles. The largest absolute Gasteiger partial charge is 0.369 e. The van der Waals surface area contributed by atoms with Gasteiger partial charge in [-0.3, -0.25) is 5.10 Å². The summed E-state index contributed by atoms with van der Waals surface area (Å²) in [6, 6.07) is 10.1. The van der Waals surface area contributed by atoms with E-state index >= 15 is 0 Å². The standard InChI is InChI=1S/C13H17N3O/c1-10(2)13-14-12(15-16-13)9-17-8-11-6-4-3-5-7-11/h3-7,10H,8-9H2,1-2H3,(H,14,15,16). The van der Waals surface area contributed by atoms with Gasteiger partial charge in [0.25, 0.3) is 0 Å². The third-order valence-corrected chi connectivity index (χ3v) is 2.42. The van der Waals surface area contributed by atoms with Crippen LogP contribution in [0.5, 0.6) is 0 Å². The predicted octanol–water partition coefficient (Wildman–Crippen LogP) is 2.64. The van der Waals surface area contributed by atoms with Crippen molar-refractivity contribution in [3.8, 4) is 0 Å². The summed E-state index contributed by atoms with van der Waals surface area (Å²) < 4.78 is 5.57. The molecule has 0 radical (unpaired) electrons. The summed E-state index contributed by atoms with van der Waals surface area (Å²) in [4.78, 5) is 4.35. The van der Waals surface area contributed by atoms with Crippen LogP contribution >= 0.6 is 0 Å². The van der Waals surface area contributed by atoms with Gasteiger partial charge in [0.15, 0.2) is 11.6 Å². The Morgan fingerprint density at radius 1 is 1.18 bits per heavy atom. The Hall–Kier alpha value is -1.68. The first kappa shape index (κ1) is 11.8. The van der Waals surface area contributed by atoms with Gasteiger partial charge in [0.05, 0.1) is 6.61 Å². The number of H-pyrrole nitrogens is 1. The highest BCUT2D eigenvalue weighted by atomic mass is 16.5. The summed E-state index contributed by atoms with van der Waals surface area (Å²) in [5.41, 5.74) is 1.16. The van der Waals surface area contributed by atoms with Crippen LogP contribution in [0.3, 0.4) is 0 Å². The highest BCUT2D eigenvalue weighted by molar-refractivity contribution is 5.13. The van der Waals surface area contributed by atoms with Gasteiger partial charge in [-0.15, -0.1) is 0 Å². The zero-order chi connectivity index (χ0) is 12.1. The molecule has 1 aromatic heterocycles. The van der Waals surface area contributed by atoms with Gasteiger partial charge >= 0.3 is 0 Å². The number of nitrogens with zero attached hydrogens (tertiary/aromatic N) is 2. The molecule has 1 N–H and O–H groups in total. The van der Waals surface area contributed by atoms with Gasteiger partial charge in [-0.25, -0.2) is 4.98 Å². The number of hydrogen-bond donors (Lipinski definition) is 1. The van der Waals surface area contributed by atoms with Crippen molar-refractivity contribution >= 4 is 0 Å². The lowest BCUT2D eigenvalue weighted by atomic mass is 10.2. The van der Waals surface area contributed by atoms with E-state index in [1.165, 1.54) is 0 Å². The van der Waals surface area contributed by atoms with Gasteiger partial charge in [0.2, 0.25) is 0 Å². The Morgan fingerprint density at radius 2 is 1.94 bits per heavy atom. The first-order valence-electron chi connectivity index (χ1n) is 5.78. The molecule has 0 saturated heterocycles. The van der Waals surface area contributed by atoms with Gasteiger partial charge in [0.1, 0.15) is 6.61 Å². The maximum Gasteiger partial charge on any atom is 0.153 e. The zero-order valence-corrected chi connectivity index (χ0v) is 10.2. The van der Waals surface area contributed by atoms with E-state index in [1.54, 1.807) is 0 Å². The summed E-state index contributed by atoms with van der Waals surface area (Å²) in [6.45, 7) is 5.20. The molecule has 4 nitrogen and oxygen atoms in total. The average Bonchev–Trinajstić information content (AvgIpc) is 2.79. The van der Waals surface area contributed by atoms with Crippen molar-refractivity contribution in [2.75, 3.05) is 0 Å². The number of ether oxygens (including phenoxy) is 1. The lowest BCUT2D eigenvalue weighted by Gasteiger charge is -2.01. The number of nitrogens with one attached hydrogen (secondary N) is 1. The summed E-state index contributed by atoms with van der Waals surface area (Å²) in [5, 5.41) is 7.01. The highest BCUT2D eigenvalue weighted by Crippen LogP contribution is 2.08. The van der Waals surface area contributed by atoms with Crippen molar-refractivity contribution in [1.82, 2.24) is 15.2 Å². The summed E-state index contributed by atoms with van der Waals surface area (Å²) in [6.07, 6.45) is 0. The minimum atomic E-state index is 0.342. The number of hydrogen-bond acceptors (Lipinski definition) is 3. The summed E-state index contributed by atoms with van der Waals surface area (Å²) in [5.74, 6) is 1.96. The minimum absolute atomic E-state index is 0.342. The number of aromatic amines is 1. The molecular formula is C13H17N3O. The van der Waals surface area contributed by atoms with Crippen molar-refractivity contribution in [2.24, 2.45) is 0 Å². The van der Waals surface area contributed by atoms with Crippen molar-refractivity contribution in [1.29, 1.82) is 0 Å². The number of aromatic nitrogens is 3. The van der Waals surface area contributed by atoms with Crippen LogP contribution < -0.4 is 0 Å². The molecule has 0 fully saturated rings. The maximum atomic E-state index is 5.57. The van der Waals surface area contributed by atoms with E-state index in [1.807, 2.05) is 30.3 Å². The molecule has 17 heavy (non-hydrogen) atoms. The lowest BCUT2D eigenvalue weighted by Crippen LogP contribution is -1.96. The second-order valence-corrected chi connectivity index (χ2v) is 4.27. The van der Waals surface area contributed by atoms with E-state index in [2.05, 4.69) is 29.0 Å². The van der Waals surface area contributed by atoms with Crippen molar-refractivity contribution < 1.29 is 4.74 Å². The highest BCUT2D eigenvalue weighted by Gasteiger charge is 2.06. The molecule has 0 bridgehead atoms. The van der Waals surface area contributed by atoms with E-state index in [0.717, 1.165) is 17.2 Å². The Kier molecular flexibility index (Phi) is 3.88. The third-order valence-electron chi connectivity index (χ3n) is 2.42. The van der Waals surface area contributed by atoms with Gasteiger partial charge in [-0.1, -0.05) is 44.2 Å². The van der Waals surface area contributed by atoms with E-state index in [-0.39, 0.29) is 0 Å². The molecule has 0 aliphatic carbocycles. The summed E-state index contributed by atoms with van der Waals surface area (Å²) >= 11 is 0. The molecule has 0 saturated carbocycles. The maximum absolute atomic E-state index is 5.57. The topological polar surface area (TPSA) is 50.8 Å². The molecule has 0 unspecified atom stereocenters. The molecule has 1 aromatic carbocycles. The number of rotatable bonds is 5. The average molecular weight is 231 g/mol. The minimum Gasteiger partial charge on any atom is -0.369 e. The molecule has 0 amide bonds. The predicted molar refractivity (Wildman–Crippen MR) is 65.4 cm³/mol. The van der Waals surface area contributed by atoms with Crippen LogP contribution in [-0.2, 0) is 18.0 Å². The normalized spacial score (nSPS) is 11.0. The van der Waals surface area contributed by atoms with Crippen LogP contribution in [-0.4, -0.2) is 15.2 Å². The van der Waals surface area contributed by atoms with Crippen LogP contribution in [0.25, 0.3) is 0 Å². The first-order valence-corrected chi connectivity index (χ1v) is 5.78. The van der Waals surface area contributed by atoms with Crippen molar-refractivity contribution in [2.45, 2.75) is 33.0 Å². The first-order chi connectivity index (χ1) is 8.25. The smallest absolute Gasteiger partial charge is 0.153 e. The van der Waals surface area contributed by atoms with E-state index in [9.17, 15) is 0 Å².